The molecule has 5 rings (SSSR count). The molecule has 0 saturated heterocycles. The summed E-state index contributed by atoms with van der Waals surface area (Å²) in [4.78, 5) is 0. The van der Waals surface area contributed by atoms with E-state index >= 15 is 0 Å². The maximum atomic E-state index is 2.72. The van der Waals surface area contributed by atoms with Crippen LogP contribution in [0.15, 0.2) is 24.3 Å². The largest absolute Gasteiger partial charge is 0.0871 e. The van der Waals surface area contributed by atoms with Gasteiger partial charge in [0.2, 0.25) is 0 Å². The van der Waals surface area contributed by atoms with Crippen LogP contribution in [0.5, 0.6) is 0 Å². The van der Waals surface area contributed by atoms with Crippen molar-refractivity contribution in [1.82, 2.24) is 0 Å². The number of rotatable bonds is 2. The summed E-state index contributed by atoms with van der Waals surface area (Å²) in [5, 5.41) is 0. The average molecular weight is 493 g/mol. The van der Waals surface area contributed by atoms with Gasteiger partial charge >= 0.3 is 0 Å². The van der Waals surface area contributed by atoms with Crippen molar-refractivity contribution in [1.29, 1.82) is 0 Å². The fourth-order valence-corrected chi connectivity index (χ4v) is 9.30. The van der Waals surface area contributed by atoms with E-state index in [2.05, 4.69) is 92.7 Å². The van der Waals surface area contributed by atoms with Crippen molar-refractivity contribution in [3.63, 3.8) is 0 Å². The molecule has 36 heavy (non-hydrogen) atoms. The lowest BCUT2D eigenvalue weighted by Gasteiger charge is -2.61. The lowest BCUT2D eigenvalue weighted by atomic mass is 9.44. The predicted octanol–water partition coefficient (Wildman–Crippen LogP) is 11.5. The molecular formula is C36H60. The first-order valence-corrected chi connectivity index (χ1v) is 15.1. The molecule has 8 unspecified atom stereocenters. The Morgan fingerprint density at radius 1 is 0.861 bits per heavy atom. The average Bonchev–Trinajstić information content (AvgIpc) is 3.12. The van der Waals surface area contributed by atoms with E-state index < -0.39 is 0 Å². The Morgan fingerprint density at radius 3 is 2.14 bits per heavy atom. The molecule has 0 amide bonds. The molecule has 0 aliphatic heterocycles. The molecule has 0 heteroatoms. The van der Waals surface area contributed by atoms with Crippen molar-refractivity contribution in [3.05, 3.63) is 41.0 Å². The van der Waals surface area contributed by atoms with Gasteiger partial charge in [-0.15, -0.1) is 0 Å². The van der Waals surface area contributed by atoms with Gasteiger partial charge in [0, 0.05) is 0 Å². The van der Waals surface area contributed by atoms with Crippen molar-refractivity contribution in [2.24, 2.45) is 45.8 Å². The van der Waals surface area contributed by atoms with E-state index in [0.29, 0.717) is 16.2 Å². The summed E-state index contributed by atoms with van der Waals surface area (Å²) >= 11 is 0. The van der Waals surface area contributed by atoms with Gasteiger partial charge in [0.15, 0.2) is 0 Å². The SMILES string of the molecule is C.C/C=C\c1ccc(C2CCC3C4CCC5CC(C)CCC5(C)C4CCC23C)cc1C.CC(C)(C)C. The summed E-state index contributed by atoms with van der Waals surface area (Å²) in [6, 6.07) is 7.37. The Kier molecular flexibility index (Phi) is 9.00. The van der Waals surface area contributed by atoms with E-state index in [0.717, 1.165) is 35.5 Å². The standard InChI is InChI=1S/C30H44.C5H12.CH4/c1-6-7-22-8-9-23(19-21(22)3)26-12-13-27-25-11-10-24-18-20(2)14-16-29(24,4)28(25)15-17-30(26,27)5;1-5(2,3)4;/h6-9,19-20,24-28H,10-18H2,1-5H3;1-4H3;1H4/b7-6-;;. The Morgan fingerprint density at radius 2 is 1.50 bits per heavy atom. The fraction of sp³-hybridized carbons (Fsp3) is 0.778. The van der Waals surface area contributed by atoms with Crippen molar-refractivity contribution in [3.8, 4) is 0 Å². The first-order chi connectivity index (χ1) is 16.4. The number of aryl methyl sites for hydroxylation is 1. The summed E-state index contributed by atoms with van der Waals surface area (Å²) < 4.78 is 0. The highest BCUT2D eigenvalue weighted by molar-refractivity contribution is 5.54. The lowest BCUT2D eigenvalue weighted by Crippen LogP contribution is -2.53. The molecule has 4 aliphatic carbocycles. The fourth-order valence-electron chi connectivity index (χ4n) is 9.30. The molecule has 0 aromatic heterocycles. The van der Waals surface area contributed by atoms with Gasteiger partial charge in [-0.3, -0.25) is 0 Å². The second kappa shape index (κ2) is 11.0. The zero-order chi connectivity index (χ0) is 25.6. The van der Waals surface area contributed by atoms with Gasteiger partial charge in [0.1, 0.15) is 0 Å². The van der Waals surface area contributed by atoms with Gasteiger partial charge in [0.05, 0.1) is 0 Å². The molecular weight excluding hydrogens is 432 g/mol. The molecule has 0 spiro atoms. The van der Waals surface area contributed by atoms with Gasteiger partial charge in [-0.2, -0.15) is 0 Å². The summed E-state index contributed by atoms with van der Waals surface area (Å²) in [6.07, 6.45) is 17.9. The smallest absolute Gasteiger partial charge is 0.0105 e. The number of benzene rings is 1. The van der Waals surface area contributed by atoms with Gasteiger partial charge in [-0.25, -0.2) is 0 Å². The Labute approximate surface area is 226 Å². The van der Waals surface area contributed by atoms with E-state index in [1.54, 1.807) is 5.56 Å². The first-order valence-electron chi connectivity index (χ1n) is 15.1. The van der Waals surface area contributed by atoms with E-state index in [9.17, 15) is 0 Å². The molecule has 4 fully saturated rings. The van der Waals surface area contributed by atoms with Crippen molar-refractivity contribution in [2.75, 3.05) is 0 Å². The third kappa shape index (κ3) is 5.68. The summed E-state index contributed by atoms with van der Waals surface area (Å²) in [6.45, 7) is 21.1. The molecule has 8 atom stereocenters. The highest BCUT2D eigenvalue weighted by Crippen LogP contribution is 2.69. The van der Waals surface area contributed by atoms with E-state index in [4.69, 9.17) is 0 Å². The lowest BCUT2D eigenvalue weighted by molar-refractivity contribution is -0.112. The van der Waals surface area contributed by atoms with Crippen LogP contribution in [0, 0.1) is 52.8 Å². The van der Waals surface area contributed by atoms with Crippen LogP contribution in [0.25, 0.3) is 6.08 Å². The van der Waals surface area contributed by atoms with Crippen LogP contribution in [0.1, 0.15) is 143 Å². The van der Waals surface area contributed by atoms with Crippen LogP contribution in [0.4, 0.5) is 0 Å². The maximum absolute atomic E-state index is 2.72. The van der Waals surface area contributed by atoms with Crippen LogP contribution < -0.4 is 0 Å². The third-order valence-corrected chi connectivity index (χ3v) is 11.0. The van der Waals surface area contributed by atoms with E-state index in [1.165, 1.54) is 68.9 Å². The molecule has 1 aromatic carbocycles. The minimum Gasteiger partial charge on any atom is -0.0871 e. The quantitative estimate of drug-likeness (QED) is 0.385. The van der Waals surface area contributed by atoms with Gasteiger partial charge in [0.25, 0.3) is 0 Å². The third-order valence-electron chi connectivity index (χ3n) is 11.0. The number of allylic oxidation sites excluding steroid dienone is 1. The molecule has 1 aromatic rings. The minimum atomic E-state index is 0. The van der Waals surface area contributed by atoms with Crippen LogP contribution in [-0.4, -0.2) is 0 Å². The van der Waals surface area contributed by atoms with Crippen LogP contribution in [0.3, 0.4) is 0 Å². The first kappa shape index (κ1) is 29.5. The van der Waals surface area contributed by atoms with E-state index in [-0.39, 0.29) is 7.43 Å². The minimum absolute atomic E-state index is 0. The zero-order valence-corrected chi connectivity index (χ0v) is 24.7. The molecule has 4 aliphatic rings. The van der Waals surface area contributed by atoms with Gasteiger partial charge in [-0.1, -0.05) is 92.7 Å². The Hall–Kier alpha value is -1.04. The summed E-state index contributed by atoms with van der Waals surface area (Å²) in [5.74, 6) is 5.75. The number of hydrogen-bond acceptors (Lipinski definition) is 0. The van der Waals surface area contributed by atoms with Gasteiger partial charge in [-0.05, 0) is 134 Å². The van der Waals surface area contributed by atoms with E-state index in [1.807, 2.05) is 0 Å². The molecule has 0 N–H and O–H groups in total. The number of fused-ring (bicyclic) bond motifs is 5. The Balaban J connectivity index is 0.000000551. The second-order valence-electron chi connectivity index (χ2n) is 15.3. The van der Waals surface area contributed by atoms with Gasteiger partial charge < -0.3 is 0 Å². The van der Waals surface area contributed by atoms with Crippen LogP contribution in [-0.2, 0) is 0 Å². The number of hydrogen-bond donors (Lipinski definition) is 0. The molecule has 0 radical (unpaired) electrons. The topological polar surface area (TPSA) is 0 Å². The molecule has 0 nitrogen and oxygen atoms in total. The second-order valence-corrected chi connectivity index (χ2v) is 15.3. The summed E-state index contributed by atoms with van der Waals surface area (Å²) in [7, 11) is 0. The summed E-state index contributed by atoms with van der Waals surface area (Å²) in [5.41, 5.74) is 6.16. The zero-order valence-electron chi connectivity index (χ0n) is 24.7. The maximum Gasteiger partial charge on any atom is -0.0105 e. The molecule has 0 heterocycles. The molecule has 4 saturated carbocycles. The normalized spacial score (nSPS) is 39.8. The Bertz CT molecular complexity index is 893. The molecule has 0 bridgehead atoms. The van der Waals surface area contributed by atoms with Crippen LogP contribution >= 0.6 is 0 Å². The van der Waals surface area contributed by atoms with Crippen molar-refractivity contribution < 1.29 is 0 Å². The van der Waals surface area contributed by atoms with Crippen molar-refractivity contribution in [2.45, 2.75) is 133 Å². The molecule has 204 valence electrons. The predicted molar refractivity (Wildman–Crippen MR) is 161 cm³/mol. The highest BCUT2D eigenvalue weighted by Gasteiger charge is 2.60. The highest BCUT2D eigenvalue weighted by atomic mass is 14.6. The monoisotopic (exact) mass is 492 g/mol. The van der Waals surface area contributed by atoms with Crippen molar-refractivity contribution >= 4 is 6.08 Å². The van der Waals surface area contributed by atoms with Crippen LogP contribution in [0.2, 0.25) is 0 Å².